The van der Waals surface area contributed by atoms with Gasteiger partial charge in [-0.15, -0.1) is 0 Å². The van der Waals surface area contributed by atoms with E-state index in [9.17, 15) is 4.79 Å². The molecule has 8 heteroatoms. The summed E-state index contributed by atoms with van der Waals surface area (Å²) in [5, 5.41) is 5.27. The van der Waals surface area contributed by atoms with Crippen molar-refractivity contribution in [1.82, 2.24) is 5.43 Å². The Balaban J connectivity index is 1.51. The van der Waals surface area contributed by atoms with Crippen LogP contribution in [0.5, 0.6) is 17.2 Å². The number of benzene rings is 3. The summed E-state index contributed by atoms with van der Waals surface area (Å²) < 4.78 is 16.7. The molecule has 0 saturated heterocycles. The Morgan fingerprint density at radius 3 is 2.50 bits per heavy atom. The molecule has 1 amide bonds. The van der Waals surface area contributed by atoms with Crippen LogP contribution in [0, 0.1) is 6.92 Å². The summed E-state index contributed by atoms with van der Waals surface area (Å²) in [5.41, 5.74) is 5.02. The number of nitrogens with one attached hydrogen (secondary N) is 1. The van der Waals surface area contributed by atoms with E-state index in [-0.39, 0.29) is 12.5 Å². The molecule has 0 bridgehead atoms. The number of aryl methyl sites for hydroxylation is 1. The topological polar surface area (TPSA) is 69.2 Å². The molecule has 0 aliphatic carbocycles. The molecule has 0 atom stereocenters. The van der Waals surface area contributed by atoms with Crippen molar-refractivity contribution in [1.29, 1.82) is 0 Å². The summed E-state index contributed by atoms with van der Waals surface area (Å²) >= 11 is 11.9. The Labute approximate surface area is 196 Å². The van der Waals surface area contributed by atoms with Gasteiger partial charge in [0.05, 0.1) is 13.3 Å². The number of halogens is 2. The molecule has 0 aromatic heterocycles. The second-order valence-electron chi connectivity index (χ2n) is 6.82. The van der Waals surface area contributed by atoms with Crippen molar-refractivity contribution in [2.24, 2.45) is 5.10 Å². The third-order valence-corrected chi connectivity index (χ3v) is 5.07. The Morgan fingerprint density at radius 1 is 1.00 bits per heavy atom. The maximum atomic E-state index is 11.9. The molecule has 3 rings (SSSR count). The lowest BCUT2D eigenvalue weighted by molar-refractivity contribution is -0.123. The SMILES string of the molecule is COc1cc(/C=N/NC(=O)COc2ccc(Cl)c(C)c2)ccc1OCc1ccc(Cl)cc1. The molecular weight excluding hydrogens is 451 g/mol. The van der Waals surface area contributed by atoms with E-state index in [4.69, 9.17) is 37.4 Å². The summed E-state index contributed by atoms with van der Waals surface area (Å²) in [4.78, 5) is 11.9. The number of amides is 1. The molecule has 0 saturated carbocycles. The van der Waals surface area contributed by atoms with Crippen LogP contribution in [0.2, 0.25) is 10.0 Å². The second kappa shape index (κ2) is 11.4. The van der Waals surface area contributed by atoms with Gasteiger partial charge < -0.3 is 14.2 Å². The molecule has 32 heavy (non-hydrogen) atoms. The molecule has 3 aromatic rings. The van der Waals surface area contributed by atoms with Gasteiger partial charge in [-0.1, -0.05) is 35.3 Å². The van der Waals surface area contributed by atoms with Gasteiger partial charge in [0, 0.05) is 10.0 Å². The molecule has 0 unspecified atom stereocenters. The lowest BCUT2D eigenvalue weighted by Gasteiger charge is -2.11. The fourth-order valence-electron chi connectivity index (χ4n) is 2.69. The average Bonchev–Trinajstić information content (AvgIpc) is 2.80. The largest absolute Gasteiger partial charge is 0.493 e. The minimum atomic E-state index is -0.385. The normalized spacial score (nSPS) is 10.8. The van der Waals surface area contributed by atoms with Gasteiger partial charge in [0.2, 0.25) is 0 Å². The quantitative estimate of drug-likeness (QED) is 0.333. The van der Waals surface area contributed by atoms with Crippen molar-refractivity contribution in [2.75, 3.05) is 13.7 Å². The highest BCUT2D eigenvalue weighted by Crippen LogP contribution is 2.28. The average molecular weight is 473 g/mol. The summed E-state index contributed by atoms with van der Waals surface area (Å²) in [7, 11) is 1.56. The molecule has 166 valence electrons. The highest BCUT2D eigenvalue weighted by Gasteiger charge is 2.07. The molecular formula is C24H22Cl2N2O4. The van der Waals surface area contributed by atoms with Gasteiger partial charge in [-0.05, 0) is 72.1 Å². The molecule has 3 aromatic carbocycles. The van der Waals surface area contributed by atoms with E-state index < -0.39 is 0 Å². The van der Waals surface area contributed by atoms with Gasteiger partial charge in [0.1, 0.15) is 12.4 Å². The number of carbonyl (C=O) groups is 1. The van der Waals surface area contributed by atoms with Gasteiger partial charge in [0.25, 0.3) is 5.91 Å². The van der Waals surface area contributed by atoms with Crippen LogP contribution in [-0.2, 0) is 11.4 Å². The molecule has 6 nitrogen and oxygen atoms in total. The van der Waals surface area contributed by atoms with Gasteiger partial charge >= 0.3 is 0 Å². The van der Waals surface area contributed by atoms with Crippen LogP contribution in [0.4, 0.5) is 0 Å². The van der Waals surface area contributed by atoms with E-state index in [1.54, 1.807) is 37.4 Å². The molecule has 0 spiro atoms. The van der Waals surface area contributed by atoms with Crippen LogP contribution in [0.15, 0.2) is 65.8 Å². The standard InChI is InChI=1S/C24H22Cl2N2O4/c1-16-11-20(8-9-21(16)26)31-15-24(29)28-27-13-18-5-10-22(23(12-18)30-2)32-14-17-3-6-19(25)7-4-17/h3-13H,14-15H2,1-2H3,(H,28,29)/b27-13+. The molecule has 0 heterocycles. The maximum absolute atomic E-state index is 11.9. The van der Waals surface area contributed by atoms with E-state index in [0.717, 1.165) is 16.7 Å². The first-order valence-electron chi connectivity index (χ1n) is 9.71. The second-order valence-corrected chi connectivity index (χ2v) is 7.66. The number of hydrogen-bond acceptors (Lipinski definition) is 5. The Kier molecular flexibility index (Phi) is 8.36. The van der Waals surface area contributed by atoms with E-state index >= 15 is 0 Å². The molecule has 0 fully saturated rings. The number of nitrogens with zero attached hydrogens (tertiary/aromatic N) is 1. The number of hydrazone groups is 1. The number of methoxy groups -OCH3 is 1. The molecule has 0 aliphatic rings. The first-order chi connectivity index (χ1) is 15.4. The zero-order chi connectivity index (χ0) is 22.9. The third kappa shape index (κ3) is 6.90. The van der Waals surface area contributed by atoms with Crippen molar-refractivity contribution in [2.45, 2.75) is 13.5 Å². The Bertz CT molecular complexity index is 1100. The van der Waals surface area contributed by atoms with Crippen molar-refractivity contribution in [3.63, 3.8) is 0 Å². The number of hydrogen-bond donors (Lipinski definition) is 1. The van der Waals surface area contributed by atoms with Gasteiger partial charge in [-0.3, -0.25) is 4.79 Å². The summed E-state index contributed by atoms with van der Waals surface area (Å²) in [6.07, 6.45) is 1.51. The molecule has 0 aliphatic heterocycles. The predicted molar refractivity (Wildman–Crippen MR) is 126 cm³/mol. The van der Waals surface area contributed by atoms with Crippen LogP contribution >= 0.6 is 23.2 Å². The monoisotopic (exact) mass is 472 g/mol. The summed E-state index contributed by atoms with van der Waals surface area (Å²) in [5.74, 6) is 1.32. The van der Waals surface area contributed by atoms with Crippen LogP contribution in [-0.4, -0.2) is 25.8 Å². The zero-order valence-electron chi connectivity index (χ0n) is 17.6. The van der Waals surface area contributed by atoms with Crippen LogP contribution in [0.25, 0.3) is 0 Å². The highest BCUT2D eigenvalue weighted by atomic mass is 35.5. The van der Waals surface area contributed by atoms with Gasteiger partial charge in [-0.25, -0.2) is 5.43 Å². The lowest BCUT2D eigenvalue weighted by Crippen LogP contribution is -2.24. The van der Waals surface area contributed by atoms with E-state index in [1.165, 1.54) is 6.21 Å². The first-order valence-corrected chi connectivity index (χ1v) is 10.5. The summed E-state index contributed by atoms with van der Waals surface area (Å²) in [6.45, 7) is 2.07. The summed E-state index contributed by atoms with van der Waals surface area (Å²) in [6, 6.07) is 18.0. The minimum absolute atomic E-state index is 0.167. The fraction of sp³-hybridized carbons (Fsp3) is 0.167. The van der Waals surface area contributed by atoms with E-state index in [0.29, 0.717) is 33.9 Å². The maximum Gasteiger partial charge on any atom is 0.277 e. The minimum Gasteiger partial charge on any atom is -0.493 e. The van der Waals surface area contributed by atoms with Crippen LogP contribution in [0.3, 0.4) is 0 Å². The number of rotatable bonds is 9. The Hall–Kier alpha value is -3.22. The molecule has 0 radical (unpaired) electrons. The van der Waals surface area contributed by atoms with Crippen LogP contribution < -0.4 is 19.6 Å². The van der Waals surface area contributed by atoms with Crippen molar-refractivity contribution in [3.8, 4) is 17.2 Å². The van der Waals surface area contributed by atoms with E-state index in [2.05, 4.69) is 10.5 Å². The first kappa shape index (κ1) is 23.4. The Morgan fingerprint density at radius 2 is 1.78 bits per heavy atom. The van der Waals surface area contributed by atoms with Crippen molar-refractivity contribution < 1.29 is 19.0 Å². The van der Waals surface area contributed by atoms with E-state index in [1.807, 2.05) is 37.3 Å². The third-order valence-electron chi connectivity index (χ3n) is 4.40. The predicted octanol–water partition coefficient (Wildman–Crippen LogP) is 5.42. The smallest absolute Gasteiger partial charge is 0.277 e. The van der Waals surface area contributed by atoms with Crippen LogP contribution in [0.1, 0.15) is 16.7 Å². The van der Waals surface area contributed by atoms with Crippen molar-refractivity contribution >= 4 is 35.3 Å². The van der Waals surface area contributed by atoms with Crippen molar-refractivity contribution in [3.05, 3.63) is 87.4 Å². The van der Waals surface area contributed by atoms with Gasteiger partial charge in [-0.2, -0.15) is 5.10 Å². The number of carbonyl (C=O) groups excluding carboxylic acids is 1. The highest BCUT2D eigenvalue weighted by molar-refractivity contribution is 6.31. The van der Waals surface area contributed by atoms with Gasteiger partial charge in [0.15, 0.2) is 18.1 Å². The number of ether oxygens (including phenoxy) is 3. The lowest BCUT2D eigenvalue weighted by atomic mass is 10.2. The fourth-order valence-corrected chi connectivity index (χ4v) is 2.94. The zero-order valence-corrected chi connectivity index (χ0v) is 19.1. The molecule has 1 N–H and O–H groups in total.